The largest absolute Gasteiger partial charge is 0.466 e. The number of hydrogen-bond donors (Lipinski definition) is 1. The Balaban J connectivity index is 1.65. The number of allylic oxidation sites excluding steroid dienone is 1. The van der Waals surface area contributed by atoms with Gasteiger partial charge in [-0.3, -0.25) is 4.90 Å². The Morgan fingerprint density at radius 1 is 0.842 bits per heavy atom. The number of urea groups is 1. The quantitative estimate of drug-likeness (QED) is 0.265. The highest BCUT2D eigenvalue weighted by Gasteiger charge is 2.38. The molecule has 4 aromatic rings. The van der Waals surface area contributed by atoms with E-state index in [4.69, 9.17) is 9.47 Å². The van der Waals surface area contributed by atoms with Crippen LogP contribution < -0.4 is 10.1 Å². The molecule has 1 aliphatic heterocycles. The zero-order valence-corrected chi connectivity index (χ0v) is 21.0. The molecule has 5 rings (SSSR count). The van der Waals surface area contributed by atoms with E-state index < -0.39 is 18.0 Å². The summed E-state index contributed by atoms with van der Waals surface area (Å²) < 4.78 is 11.0. The number of ether oxygens (including phenoxy) is 2. The standard InChI is InChI=1S/C31H26N2O5/c1-20-26(30(35)37-2)28(32-31(36)33(20)19-21-11-5-3-6-12-21)27-24-16-10-9-13-22(24)17-18-25(27)38-29(34)23-14-7-4-8-15-23/h3-18,28H,19H2,1-2H3,(H,32,36). The van der Waals surface area contributed by atoms with Crippen LogP contribution >= 0.6 is 0 Å². The van der Waals surface area contributed by atoms with Crippen LogP contribution in [0.2, 0.25) is 0 Å². The first-order chi connectivity index (χ1) is 18.5. The molecule has 0 aliphatic carbocycles. The Kier molecular flexibility index (Phi) is 6.91. The molecule has 0 radical (unpaired) electrons. The molecule has 4 aromatic carbocycles. The summed E-state index contributed by atoms with van der Waals surface area (Å²) in [5, 5.41) is 4.58. The number of esters is 2. The van der Waals surface area contributed by atoms with Crippen molar-refractivity contribution in [2.24, 2.45) is 0 Å². The van der Waals surface area contributed by atoms with Crippen LogP contribution in [0.4, 0.5) is 4.79 Å². The molecular formula is C31H26N2O5. The Morgan fingerprint density at radius 3 is 2.21 bits per heavy atom. The Bertz CT molecular complexity index is 1550. The number of benzene rings is 4. The molecule has 7 nitrogen and oxygen atoms in total. The van der Waals surface area contributed by atoms with Crippen molar-refractivity contribution >= 4 is 28.7 Å². The number of methoxy groups -OCH3 is 1. The number of carbonyl (C=O) groups is 3. The minimum absolute atomic E-state index is 0.244. The molecule has 0 spiro atoms. The molecule has 190 valence electrons. The van der Waals surface area contributed by atoms with Gasteiger partial charge in [0.15, 0.2) is 0 Å². The SMILES string of the molecule is COC(=O)C1=C(C)N(Cc2ccccc2)C(=O)NC1c1c(OC(=O)c2ccccc2)ccc2ccccc12. The number of carbonyl (C=O) groups excluding carboxylic acids is 3. The van der Waals surface area contributed by atoms with E-state index in [-0.39, 0.29) is 23.9 Å². The van der Waals surface area contributed by atoms with Crippen molar-refractivity contribution in [3.05, 3.63) is 125 Å². The Hall–Kier alpha value is -4.91. The predicted molar refractivity (Wildman–Crippen MR) is 143 cm³/mol. The number of hydrogen-bond acceptors (Lipinski definition) is 5. The number of rotatable bonds is 6. The van der Waals surface area contributed by atoms with E-state index in [1.165, 1.54) is 12.0 Å². The zero-order chi connectivity index (χ0) is 26.6. The van der Waals surface area contributed by atoms with E-state index >= 15 is 0 Å². The zero-order valence-electron chi connectivity index (χ0n) is 21.0. The van der Waals surface area contributed by atoms with Crippen molar-refractivity contribution in [3.63, 3.8) is 0 Å². The number of fused-ring (bicyclic) bond motifs is 1. The molecule has 2 amide bonds. The summed E-state index contributed by atoms with van der Waals surface area (Å²) in [5.74, 6) is -0.886. The molecular weight excluding hydrogens is 480 g/mol. The second-order valence-corrected chi connectivity index (χ2v) is 8.90. The fourth-order valence-electron chi connectivity index (χ4n) is 4.72. The second-order valence-electron chi connectivity index (χ2n) is 8.90. The maximum atomic E-state index is 13.5. The fraction of sp³-hybridized carbons (Fsp3) is 0.129. The van der Waals surface area contributed by atoms with Crippen LogP contribution in [0, 0.1) is 0 Å². The highest BCUT2D eigenvalue weighted by Crippen LogP contribution is 2.40. The van der Waals surface area contributed by atoms with Gasteiger partial charge >= 0.3 is 18.0 Å². The van der Waals surface area contributed by atoms with Crippen molar-refractivity contribution in [1.29, 1.82) is 0 Å². The minimum Gasteiger partial charge on any atom is -0.466 e. The highest BCUT2D eigenvalue weighted by atomic mass is 16.5. The van der Waals surface area contributed by atoms with Crippen LogP contribution in [-0.2, 0) is 16.1 Å². The van der Waals surface area contributed by atoms with Gasteiger partial charge in [-0.15, -0.1) is 0 Å². The molecule has 1 unspecified atom stereocenters. The van der Waals surface area contributed by atoms with Crippen molar-refractivity contribution in [3.8, 4) is 5.75 Å². The van der Waals surface area contributed by atoms with Crippen LogP contribution in [0.25, 0.3) is 10.8 Å². The lowest BCUT2D eigenvalue weighted by molar-refractivity contribution is -0.136. The smallest absolute Gasteiger partial charge is 0.343 e. The van der Waals surface area contributed by atoms with Crippen molar-refractivity contribution in [2.75, 3.05) is 7.11 Å². The average Bonchev–Trinajstić information content (AvgIpc) is 2.95. The molecule has 0 aromatic heterocycles. The molecule has 0 saturated heterocycles. The highest BCUT2D eigenvalue weighted by molar-refractivity contribution is 5.99. The van der Waals surface area contributed by atoms with E-state index in [1.807, 2.05) is 66.7 Å². The van der Waals surface area contributed by atoms with E-state index in [0.29, 0.717) is 16.8 Å². The van der Waals surface area contributed by atoms with Gasteiger partial charge in [-0.2, -0.15) is 0 Å². The molecule has 38 heavy (non-hydrogen) atoms. The third kappa shape index (κ3) is 4.74. The lowest BCUT2D eigenvalue weighted by Gasteiger charge is -2.36. The van der Waals surface area contributed by atoms with Crippen LogP contribution in [0.1, 0.15) is 34.5 Å². The summed E-state index contributed by atoms with van der Waals surface area (Å²) in [7, 11) is 1.30. The number of nitrogens with zero attached hydrogens (tertiary/aromatic N) is 1. The maximum absolute atomic E-state index is 13.5. The minimum atomic E-state index is -0.911. The first-order valence-corrected chi connectivity index (χ1v) is 12.2. The normalized spacial score (nSPS) is 15.3. The Labute approximate surface area is 220 Å². The average molecular weight is 507 g/mol. The van der Waals surface area contributed by atoms with Crippen LogP contribution in [0.15, 0.2) is 108 Å². The summed E-state index contributed by atoms with van der Waals surface area (Å²) in [6, 6.07) is 27.9. The van der Waals surface area contributed by atoms with Gasteiger partial charge in [-0.05, 0) is 41.5 Å². The van der Waals surface area contributed by atoms with Crippen molar-refractivity contribution in [2.45, 2.75) is 19.5 Å². The lowest BCUT2D eigenvalue weighted by atomic mass is 9.90. The van der Waals surface area contributed by atoms with E-state index in [2.05, 4.69) is 5.32 Å². The third-order valence-electron chi connectivity index (χ3n) is 6.62. The molecule has 0 fully saturated rings. The molecule has 1 heterocycles. The number of nitrogens with one attached hydrogen (secondary N) is 1. The first kappa shape index (κ1) is 24.8. The van der Waals surface area contributed by atoms with Crippen LogP contribution in [-0.4, -0.2) is 30.0 Å². The van der Waals surface area contributed by atoms with Crippen LogP contribution in [0.5, 0.6) is 5.75 Å². The summed E-state index contributed by atoms with van der Waals surface area (Å²) in [6.45, 7) is 2.00. The lowest BCUT2D eigenvalue weighted by Crippen LogP contribution is -2.47. The van der Waals surface area contributed by atoms with E-state index in [1.54, 1.807) is 37.3 Å². The Morgan fingerprint density at radius 2 is 1.50 bits per heavy atom. The van der Waals surface area contributed by atoms with Gasteiger partial charge in [0, 0.05) is 11.3 Å². The van der Waals surface area contributed by atoms with E-state index in [0.717, 1.165) is 16.3 Å². The summed E-state index contributed by atoms with van der Waals surface area (Å²) >= 11 is 0. The van der Waals surface area contributed by atoms with Crippen molar-refractivity contribution in [1.82, 2.24) is 10.2 Å². The van der Waals surface area contributed by atoms with Gasteiger partial charge in [0.25, 0.3) is 0 Å². The van der Waals surface area contributed by atoms with Gasteiger partial charge in [-0.25, -0.2) is 14.4 Å². The molecule has 1 aliphatic rings. The van der Waals surface area contributed by atoms with Crippen molar-refractivity contribution < 1.29 is 23.9 Å². The molecule has 7 heteroatoms. The topological polar surface area (TPSA) is 84.9 Å². The van der Waals surface area contributed by atoms with Gasteiger partial charge in [0.2, 0.25) is 0 Å². The first-order valence-electron chi connectivity index (χ1n) is 12.2. The molecule has 0 saturated carbocycles. The third-order valence-corrected chi connectivity index (χ3v) is 6.62. The molecule has 1 atom stereocenters. The van der Waals surface area contributed by atoms with E-state index in [9.17, 15) is 14.4 Å². The number of amides is 2. The van der Waals surface area contributed by atoms with Gasteiger partial charge in [0.1, 0.15) is 5.75 Å². The fourth-order valence-corrected chi connectivity index (χ4v) is 4.72. The second kappa shape index (κ2) is 10.6. The molecule has 0 bridgehead atoms. The maximum Gasteiger partial charge on any atom is 0.343 e. The predicted octanol–water partition coefficient (Wildman–Crippen LogP) is 5.77. The molecule has 1 N–H and O–H groups in total. The van der Waals surface area contributed by atoms with Gasteiger partial charge < -0.3 is 14.8 Å². The summed E-state index contributed by atoms with van der Waals surface area (Å²) in [6.07, 6.45) is 0. The monoisotopic (exact) mass is 506 g/mol. The summed E-state index contributed by atoms with van der Waals surface area (Å²) in [5.41, 5.74) is 2.51. The van der Waals surface area contributed by atoms with Gasteiger partial charge in [0.05, 0.1) is 30.8 Å². The summed E-state index contributed by atoms with van der Waals surface area (Å²) in [4.78, 5) is 41.2. The van der Waals surface area contributed by atoms with Crippen LogP contribution in [0.3, 0.4) is 0 Å². The van der Waals surface area contributed by atoms with Gasteiger partial charge in [-0.1, -0.05) is 78.9 Å².